The Hall–Kier alpha value is -2.71. The van der Waals surface area contributed by atoms with Crippen molar-refractivity contribution in [2.75, 3.05) is 20.3 Å². The second kappa shape index (κ2) is 8.11. The molecule has 140 valence electrons. The van der Waals surface area contributed by atoms with Gasteiger partial charge in [-0.2, -0.15) is 0 Å². The van der Waals surface area contributed by atoms with E-state index in [1.54, 1.807) is 12.1 Å². The number of benzene rings is 1. The van der Waals surface area contributed by atoms with Gasteiger partial charge in [0.25, 0.3) is 11.8 Å². The van der Waals surface area contributed by atoms with Gasteiger partial charge in [0.15, 0.2) is 18.1 Å². The molecule has 0 aliphatic heterocycles. The van der Waals surface area contributed by atoms with Crippen LogP contribution in [0.5, 0.6) is 11.5 Å². The zero-order valence-corrected chi connectivity index (χ0v) is 15.0. The summed E-state index contributed by atoms with van der Waals surface area (Å²) < 4.78 is 15.5. The summed E-state index contributed by atoms with van der Waals surface area (Å²) in [4.78, 5) is 23.2. The van der Waals surface area contributed by atoms with Crippen molar-refractivity contribution in [1.82, 2.24) is 5.32 Å². The third-order valence-electron chi connectivity index (χ3n) is 3.50. The van der Waals surface area contributed by atoms with E-state index in [1.807, 2.05) is 0 Å². The third-order valence-corrected chi connectivity index (χ3v) is 3.78. The zero-order chi connectivity index (χ0) is 19.3. The average Bonchev–Trinajstić information content (AvgIpc) is 3.13. The van der Waals surface area contributed by atoms with E-state index in [0.29, 0.717) is 5.76 Å². The summed E-state index contributed by atoms with van der Waals surface area (Å²) in [5.41, 5.74) is 3.85. The maximum atomic E-state index is 12.4. The normalized spacial score (nSPS) is 12.9. The van der Waals surface area contributed by atoms with E-state index < -0.39 is 17.4 Å². The van der Waals surface area contributed by atoms with Crippen LogP contribution in [0.4, 0.5) is 0 Å². The van der Waals surface area contributed by atoms with E-state index >= 15 is 0 Å². The molecule has 0 spiro atoms. The van der Waals surface area contributed by atoms with Crippen molar-refractivity contribution in [3.05, 3.63) is 46.9 Å². The summed E-state index contributed by atoms with van der Waals surface area (Å²) >= 11 is 6.11. The number of aliphatic hydroxyl groups is 1. The van der Waals surface area contributed by atoms with E-state index in [9.17, 15) is 14.7 Å². The molecule has 1 aromatic carbocycles. The van der Waals surface area contributed by atoms with Crippen molar-refractivity contribution in [2.24, 2.45) is 5.73 Å². The predicted molar refractivity (Wildman–Crippen MR) is 93.3 cm³/mol. The van der Waals surface area contributed by atoms with Crippen molar-refractivity contribution in [3.8, 4) is 11.5 Å². The molecule has 0 bridgehead atoms. The van der Waals surface area contributed by atoms with Gasteiger partial charge in [-0.1, -0.05) is 11.6 Å². The summed E-state index contributed by atoms with van der Waals surface area (Å²) in [5, 5.41) is 13.0. The molecular formula is C17H19ClN2O6. The lowest BCUT2D eigenvalue weighted by molar-refractivity contribution is -0.119. The molecule has 0 aliphatic rings. The fraction of sp³-hybridized carbons (Fsp3) is 0.294. The van der Waals surface area contributed by atoms with Crippen LogP contribution in [0.3, 0.4) is 0 Å². The molecule has 4 N–H and O–H groups in total. The van der Waals surface area contributed by atoms with E-state index in [4.69, 9.17) is 31.2 Å². The standard InChI is InChI=1S/C17H19ClN2O6/c1-17(23,13-4-3-5-25-13)9-20-16(22)10-6-11(18)15(12(7-10)24-2)26-8-14(19)21/h3-7,23H,8-9H2,1-2H3,(H2,19,21)(H,20,22). The Kier molecular flexibility index (Phi) is 6.12. The van der Waals surface area contributed by atoms with Gasteiger partial charge in [-0.25, -0.2) is 0 Å². The Morgan fingerprint density at radius 3 is 2.73 bits per heavy atom. The fourth-order valence-electron chi connectivity index (χ4n) is 2.16. The second-order valence-corrected chi connectivity index (χ2v) is 6.09. The number of methoxy groups -OCH3 is 1. The lowest BCUT2D eigenvalue weighted by Gasteiger charge is -2.21. The maximum absolute atomic E-state index is 12.4. The van der Waals surface area contributed by atoms with E-state index in [-0.39, 0.29) is 35.2 Å². The van der Waals surface area contributed by atoms with Crippen LogP contribution in [0.15, 0.2) is 34.9 Å². The Balaban J connectivity index is 2.13. The van der Waals surface area contributed by atoms with Gasteiger partial charge in [-0.3, -0.25) is 9.59 Å². The minimum absolute atomic E-state index is 0.0774. The van der Waals surface area contributed by atoms with Gasteiger partial charge in [0.2, 0.25) is 0 Å². The van der Waals surface area contributed by atoms with Gasteiger partial charge >= 0.3 is 0 Å². The third kappa shape index (κ3) is 4.68. The number of hydrogen-bond donors (Lipinski definition) is 3. The first-order valence-electron chi connectivity index (χ1n) is 7.58. The van der Waals surface area contributed by atoms with Crippen LogP contribution >= 0.6 is 11.6 Å². The number of hydrogen-bond acceptors (Lipinski definition) is 6. The molecule has 2 aromatic rings. The van der Waals surface area contributed by atoms with E-state index in [2.05, 4.69) is 5.32 Å². The first kappa shape index (κ1) is 19.6. The lowest BCUT2D eigenvalue weighted by Crippen LogP contribution is -2.38. The van der Waals surface area contributed by atoms with Gasteiger partial charge in [0, 0.05) is 5.56 Å². The van der Waals surface area contributed by atoms with Crippen LogP contribution in [0.1, 0.15) is 23.0 Å². The van der Waals surface area contributed by atoms with Gasteiger partial charge in [-0.05, 0) is 31.2 Å². The number of furan rings is 1. The predicted octanol–water partition coefficient (Wildman–Crippen LogP) is 1.44. The van der Waals surface area contributed by atoms with Crippen molar-refractivity contribution < 1.29 is 28.6 Å². The first-order valence-corrected chi connectivity index (χ1v) is 7.95. The van der Waals surface area contributed by atoms with E-state index in [0.717, 1.165) is 0 Å². The first-order chi connectivity index (χ1) is 12.2. The molecule has 2 rings (SSSR count). The minimum Gasteiger partial charge on any atom is -0.493 e. The van der Waals surface area contributed by atoms with Gasteiger partial charge in [-0.15, -0.1) is 0 Å². The summed E-state index contributed by atoms with van der Waals surface area (Å²) in [5.74, 6) is -0.569. The quantitative estimate of drug-likeness (QED) is 0.634. The van der Waals surface area contributed by atoms with Crippen LogP contribution in [0.2, 0.25) is 5.02 Å². The molecular weight excluding hydrogens is 364 g/mol. The topological polar surface area (TPSA) is 124 Å². The average molecular weight is 383 g/mol. The van der Waals surface area contributed by atoms with Crippen LogP contribution in [0.25, 0.3) is 0 Å². The Morgan fingerprint density at radius 1 is 1.42 bits per heavy atom. The number of halogens is 1. The lowest BCUT2D eigenvalue weighted by atomic mass is 10.0. The number of nitrogens with two attached hydrogens (primary N) is 1. The molecule has 8 nitrogen and oxygen atoms in total. The smallest absolute Gasteiger partial charge is 0.255 e. The molecule has 0 fully saturated rings. The highest BCUT2D eigenvalue weighted by molar-refractivity contribution is 6.32. The molecule has 1 atom stereocenters. The molecule has 2 amide bonds. The minimum atomic E-state index is -1.38. The number of rotatable bonds is 8. The van der Waals surface area contributed by atoms with Crippen LogP contribution < -0.4 is 20.5 Å². The highest BCUT2D eigenvalue weighted by Gasteiger charge is 2.27. The second-order valence-electron chi connectivity index (χ2n) is 5.68. The number of nitrogens with one attached hydrogen (secondary N) is 1. The molecule has 0 aliphatic carbocycles. The van der Waals surface area contributed by atoms with Crippen molar-refractivity contribution in [2.45, 2.75) is 12.5 Å². The van der Waals surface area contributed by atoms with Crippen LogP contribution in [-0.2, 0) is 10.4 Å². The van der Waals surface area contributed by atoms with Gasteiger partial charge in [0.1, 0.15) is 11.4 Å². The number of amides is 2. The summed E-state index contributed by atoms with van der Waals surface area (Å²) in [7, 11) is 1.37. The molecule has 9 heteroatoms. The summed E-state index contributed by atoms with van der Waals surface area (Å²) in [6.45, 7) is 1.05. The Labute approximate surface area is 154 Å². The highest BCUT2D eigenvalue weighted by atomic mass is 35.5. The number of carbonyl (C=O) groups is 2. The highest BCUT2D eigenvalue weighted by Crippen LogP contribution is 2.36. The molecule has 1 unspecified atom stereocenters. The number of carbonyl (C=O) groups excluding carboxylic acids is 2. The molecule has 26 heavy (non-hydrogen) atoms. The molecule has 1 heterocycles. The Bertz CT molecular complexity index is 789. The Morgan fingerprint density at radius 2 is 2.15 bits per heavy atom. The number of primary amides is 1. The molecule has 1 aromatic heterocycles. The SMILES string of the molecule is COc1cc(C(=O)NCC(C)(O)c2ccco2)cc(Cl)c1OCC(N)=O. The molecule has 0 saturated carbocycles. The molecule has 0 radical (unpaired) electrons. The zero-order valence-electron chi connectivity index (χ0n) is 14.2. The molecule has 0 saturated heterocycles. The monoisotopic (exact) mass is 382 g/mol. The van der Waals surface area contributed by atoms with Crippen molar-refractivity contribution >= 4 is 23.4 Å². The van der Waals surface area contributed by atoms with Crippen molar-refractivity contribution in [3.63, 3.8) is 0 Å². The maximum Gasteiger partial charge on any atom is 0.255 e. The summed E-state index contributed by atoms with van der Waals surface area (Å²) in [6.07, 6.45) is 1.43. The van der Waals surface area contributed by atoms with Gasteiger partial charge < -0.3 is 30.0 Å². The summed E-state index contributed by atoms with van der Waals surface area (Å²) in [6, 6.07) is 6.01. The fourth-order valence-corrected chi connectivity index (χ4v) is 2.43. The number of ether oxygens (including phenoxy) is 2. The van der Waals surface area contributed by atoms with Crippen LogP contribution in [0, 0.1) is 0 Å². The van der Waals surface area contributed by atoms with Crippen molar-refractivity contribution in [1.29, 1.82) is 0 Å². The van der Waals surface area contributed by atoms with Gasteiger partial charge in [0.05, 0.1) is 24.9 Å². The van der Waals surface area contributed by atoms with Crippen LogP contribution in [-0.4, -0.2) is 37.2 Å². The largest absolute Gasteiger partial charge is 0.493 e. The van der Waals surface area contributed by atoms with E-state index in [1.165, 1.54) is 32.4 Å².